The Bertz CT molecular complexity index is 814. The van der Waals surface area contributed by atoms with E-state index in [9.17, 15) is 9.59 Å². The Balaban J connectivity index is 1.50. The zero-order valence-electron chi connectivity index (χ0n) is 12.5. The number of aromatic nitrogens is 4. The van der Waals surface area contributed by atoms with Crippen LogP contribution in [0.15, 0.2) is 53.4 Å². The number of hydrogen-bond donors (Lipinski definition) is 2. The normalized spacial score (nSPS) is 10.3. The minimum absolute atomic E-state index is 0.232. The van der Waals surface area contributed by atoms with Gasteiger partial charge >= 0.3 is 0 Å². The van der Waals surface area contributed by atoms with Crippen LogP contribution in [0.4, 0.5) is 0 Å². The standard InChI is InChI=1S/C15H14N6O3/c22-14(16-6-7-17-15(23)13-5-2-8-24-13)11-3-1-4-12(9-11)21-10-18-19-20-21/h1-5,8-10H,6-7H2,(H,16,22)(H,17,23). The molecule has 122 valence electrons. The third-order valence-electron chi connectivity index (χ3n) is 3.16. The van der Waals surface area contributed by atoms with E-state index in [1.165, 1.54) is 17.3 Å². The molecule has 0 aliphatic rings. The first-order valence-electron chi connectivity index (χ1n) is 7.17. The number of hydrogen-bond acceptors (Lipinski definition) is 6. The molecule has 0 spiro atoms. The monoisotopic (exact) mass is 326 g/mol. The van der Waals surface area contributed by atoms with Gasteiger partial charge in [-0.15, -0.1) is 5.10 Å². The van der Waals surface area contributed by atoms with Crippen LogP contribution in [-0.2, 0) is 0 Å². The van der Waals surface area contributed by atoms with Gasteiger partial charge in [0.1, 0.15) is 6.33 Å². The summed E-state index contributed by atoms with van der Waals surface area (Å²) in [5.74, 6) is -0.345. The molecule has 3 aromatic rings. The fourth-order valence-corrected chi connectivity index (χ4v) is 2.02. The summed E-state index contributed by atoms with van der Waals surface area (Å²) in [5, 5.41) is 16.3. The second-order valence-corrected chi connectivity index (χ2v) is 4.79. The maximum Gasteiger partial charge on any atom is 0.287 e. The van der Waals surface area contributed by atoms with Gasteiger partial charge in [-0.3, -0.25) is 9.59 Å². The highest BCUT2D eigenvalue weighted by Gasteiger charge is 2.09. The largest absolute Gasteiger partial charge is 0.459 e. The quantitative estimate of drug-likeness (QED) is 0.634. The molecule has 0 saturated heterocycles. The Labute approximate surface area is 136 Å². The zero-order valence-corrected chi connectivity index (χ0v) is 12.5. The summed E-state index contributed by atoms with van der Waals surface area (Å²) in [6, 6.07) is 10.1. The van der Waals surface area contributed by atoms with Gasteiger partial charge in [-0.1, -0.05) is 6.07 Å². The lowest BCUT2D eigenvalue weighted by Crippen LogP contribution is -2.34. The molecule has 0 atom stereocenters. The predicted molar refractivity (Wildman–Crippen MR) is 82.5 cm³/mol. The van der Waals surface area contributed by atoms with Gasteiger partial charge in [-0.05, 0) is 40.8 Å². The molecule has 0 fully saturated rings. The van der Waals surface area contributed by atoms with E-state index < -0.39 is 0 Å². The van der Waals surface area contributed by atoms with Crippen LogP contribution >= 0.6 is 0 Å². The fraction of sp³-hybridized carbons (Fsp3) is 0.133. The maximum atomic E-state index is 12.1. The van der Waals surface area contributed by atoms with Crippen molar-refractivity contribution in [3.8, 4) is 5.69 Å². The minimum Gasteiger partial charge on any atom is -0.459 e. The topological polar surface area (TPSA) is 115 Å². The lowest BCUT2D eigenvalue weighted by Gasteiger charge is -2.07. The van der Waals surface area contributed by atoms with Crippen molar-refractivity contribution < 1.29 is 14.0 Å². The van der Waals surface area contributed by atoms with Crippen LogP contribution in [0.2, 0.25) is 0 Å². The van der Waals surface area contributed by atoms with Crippen LogP contribution in [0, 0.1) is 0 Å². The molecule has 0 unspecified atom stereocenters. The lowest BCUT2D eigenvalue weighted by molar-refractivity contribution is 0.0910. The Morgan fingerprint density at radius 2 is 1.92 bits per heavy atom. The van der Waals surface area contributed by atoms with Gasteiger partial charge in [0, 0.05) is 18.7 Å². The molecular weight excluding hydrogens is 312 g/mol. The van der Waals surface area contributed by atoms with Crippen molar-refractivity contribution in [2.45, 2.75) is 0 Å². The lowest BCUT2D eigenvalue weighted by atomic mass is 10.2. The molecule has 9 heteroatoms. The maximum absolute atomic E-state index is 12.1. The number of carbonyl (C=O) groups is 2. The van der Waals surface area contributed by atoms with Crippen molar-refractivity contribution in [1.82, 2.24) is 30.8 Å². The first-order valence-corrected chi connectivity index (χ1v) is 7.17. The number of carbonyl (C=O) groups excluding carboxylic acids is 2. The van der Waals surface area contributed by atoms with Gasteiger partial charge in [0.25, 0.3) is 11.8 Å². The van der Waals surface area contributed by atoms with Crippen molar-refractivity contribution in [2.75, 3.05) is 13.1 Å². The van der Waals surface area contributed by atoms with Crippen molar-refractivity contribution in [1.29, 1.82) is 0 Å². The van der Waals surface area contributed by atoms with Crippen molar-refractivity contribution in [2.24, 2.45) is 0 Å². The van der Waals surface area contributed by atoms with Crippen LogP contribution < -0.4 is 10.6 Å². The molecule has 1 aromatic carbocycles. The SMILES string of the molecule is O=C(NCCNC(=O)c1ccco1)c1cccc(-n2cnnn2)c1. The van der Waals surface area contributed by atoms with Gasteiger partial charge in [0.2, 0.25) is 0 Å². The van der Waals surface area contributed by atoms with Crippen molar-refractivity contribution >= 4 is 11.8 Å². The van der Waals surface area contributed by atoms with Gasteiger partial charge in [0.15, 0.2) is 5.76 Å². The van der Waals surface area contributed by atoms with E-state index in [4.69, 9.17) is 4.42 Å². The van der Waals surface area contributed by atoms with Crippen molar-refractivity contribution in [3.05, 3.63) is 60.3 Å². The molecule has 2 heterocycles. The van der Waals surface area contributed by atoms with E-state index in [-0.39, 0.29) is 24.1 Å². The molecule has 9 nitrogen and oxygen atoms in total. The van der Waals surface area contributed by atoms with Crippen LogP contribution in [0.5, 0.6) is 0 Å². The van der Waals surface area contributed by atoms with E-state index in [0.717, 1.165) is 0 Å². The van der Waals surface area contributed by atoms with Crippen LogP contribution in [0.1, 0.15) is 20.9 Å². The van der Waals surface area contributed by atoms with Gasteiger partial charge in [0.05, 0.1) is 12.0 Å². The van der Waals surface area contributed by atoms with E-state index >= 15 is 0 Å². The summed E-state index contributed by atoms with van der Waals surface area (Å²) in [4.78, 5) is 23.8. The average Bonchev–Trinajstić information content (AvgIpc) is 3.32. The second kappa shape index (κ2) is 7.18. The molecule has 0 bridgehead atoms. The van der Waals surface area contributed by atoms with Gasteiger partial charge in [-0.2, -0.15) is 0 Å². The predicted octanol–water partition coefficient (Wildman–Crippen LogP) is 0.415. The highest BCUT2D eigenvalue weighted by molar-refractivity contribution is 5.95. The molecule has 24 heavy (non-hydrogen) atoms. The summed E-state index contributed by atoms with van der Waals surface area (Å²) >= 11 is 0. The van der Waals surface area contributed by atoms with E-state index in [2.05, 4.69) is 26.2 Å². The number of tetrazole rings is 1. The summed E-state index contributed by atoms with van der Waals surface area (Å²) in [7, 11) is 0. The summed E-state index contributed by atoms with van der Waals surface area (Å²) in [6.45, 7) is 0.582. The highest BCUT2D eigenvalue weighted by atomic mass is 16.3. The first kappa shape index (κ1) is 15.4. The highest BCUT2D eigenvalue weighted by Crippen LogP contribution is 2.08. The van der Waals surface area contributed by atoms with Gasteiger partial charge < -0.3 is 15.1 Å². The number of furan rings is 1. The number of nitrogens with one attached hydrogen (secondary N) is 2. The molecular formula is C15H14N6O3. The van der Waals surface area contributed by atoms with Crippen molar-refractivity contribution in [3.63, 3.8) is 0 Å². The summed E-state index contributed by atoms with van der Waals surface area (Å²) in [6.07, 6.45) is 2.87. The Morgan fingerprint density at radius 3 is 2.62 bits per heavy atom. The molecule has 2 aromatic heterocycles. The van der Waals surface area contributed by atoms with E-state index in [1.54, 1.807) is 36.4 Å². The third kappa shape index (κ3) is 3.64. The third-order valence-corrected chi connectivity index (χ3v) is 3.16. The second-order valence-electron chi connectivity index (χ2n) is 4.79. The molecule has 0 radical (unpaired) electrons. The fourth-order valence-electron chi connectivity index (χ4n) is 2.02. The number of rotatable bonds is 6. The van der Waals surface area contributed by atoms with E-state index in [1.807, 2.05) is 0 Å². The number of amides is 2. The first-order chi connectivity index (χ1) is 11.7. The Kier molecular flexibility index (Phi) is 4.61. The Morgan fingerprint density at radius 1 is 1.08 bits per heavy atom. The molecule has 0 saturated carbocycles. The Hall–Kier alpha value is -3.49. The smallest absolute Gasteiger partial charge is 0.287 e. The van der Waals surface area contributed by atoms with Crippen LogP contribution in [0.3, 0.4) is 0 Å². The minimum atomic E-state index is -0.324. The summed E-state index contributed by atoms with van der Waals surface area (Å²) in [5.41, 5.74) is 1.15. The molecule has 2 amide bonds. The van der Waals surface area contributed by atoms with Crippen LogP contribution in [-0.4, -0.2) is 45.1 Å². The number of benzene rings is 1. The zero-order chi connectivity index (χ0) is 16.8. The van der Waals surface area contributed by atoms with E-state index in [0.29, 0.717) is 17.8 Å². The molecule has 2 N–H and O–H groups in total. The molecule has 0 aliphatic carbocycles. The average molecular weight is 326 g/mol. The molecule has 0 aliphatic heterocycles. The summed E-state index contributed by atoms with van der Waals surface area (Å²) < 4.78 is 6.43. The van der Waals surface area contributed by atoms with Gasteiger partial charge in [-0.25, -0.2) is 4.68 Å². The number of nitrogens with zero attached hydrogens (tertiary/aromatic N) is 4. The molecule has 3 rings (SSSR count). The van der Waals surface area contributed by atoms with Crippen LogP contribution in [0.25, 0.3) is 5.69 Å².